The van der Waals surface area contributed by atoms with Gasteiger partial charge in [-0.1, -0.05) is 35.9 Å². The number of benzene rings is 2. The Labute approximate surface area is 132 Å². The van der Waals surface area contributed by atoms with Gasteiger partial charge in [-0.05, 0) is 56.0 Å². The highest BCUT2D eigenvalue weighted by Crippen LogP contribution is 2.20. The quantitative estimate of drug-likeness (QED) is 0.707. The van der Waals surface area contributed by atoms with Gasteiger partial charge in [0, 0.05) is 17.3 Å². The predicted molar refractivity (Wildman–Crippen MR) is 90.6 cm³/mol. The number of para-hydroxylation sites is 1. The average Bonchev–Trinajstić information content (AvgIpc) is 2.48. The summed E-state index contributed by atoms with van der Waals surface area (Å²) in [5, 5.41) is 4.19. The Balaban J connectivity index is 1.64. The van der Waals surface area contributed by atoms with Gasteiger partial charge in [-0.3, -0.25) is 0 Å². The zero-order valence-corrected chi connectivity index (χ0v) is 13.4. The number of aryl methyl sites for hydroxylation is 2. The fourth-order valence-corrected chi connectivity index (χ4v) is 2.24. The average molecular weight is 304 g/mol. The summed E-state index contributed by atoms with van der Waals surface area (Å²) in [6.45, 7) is 5.75. The molecule has 0 heterocycles. The molecule has 112 valence electrons. The van der Waals surface area contributed by atoms with Gasteiger partial charge in [-0.2, -0.15) is 0 Å². The number of rotatable bonds is 7. The van der Waals surface area contributed by atoms with Gasteiger partial charge in [-0.25, -0.2) is 0 Å². The Bertz CT molecular complexity index is 583. The summed E-state index contributed by atoms with van der Waals surface area (Å²) in [4.78, 5) is 0. The molecule has 0 aliphatic rings. The van der Waals surface area contributed by atoms with Crippen LogP contribution in [-0.4, -0.2) is 13.2 Å². The molecule has 2 aromatic carbocycles. The van der Waals surface area contributed by atoms with E-state index in [1.165, 1.54) is 5.56 Å². The van der Waals surface area contributed by atoms with E-state index in [-0.39, 0.29) is 0 Å². The summed E-state index contributed by atoms with van der Waals surface area (Å²) < 4.78 is 5.78. The Kier molecular flexibility index (Phi) is 5.94. The van der Waals surface area contributed by atoms with Crippen molar-refractivity contribution in [1.29, 1.82) is 0 Å². The molecule has 0 radical (unpaired) electrons. The summed E-state index contributed by atoms with van der Waals surface area (Å²) in [7, 11) is 0. The van der Waals surface area contributed by atoms with Crippen molar-refractivity contribution in [3.63, 3.8) is 0 Å². The van der Waals surface area contributed by atoms with E-state index < -0.39 is 0 Å². The van der Waals surface area contributed by atoms with Crippen LogP contribution in [0.2, 0.25) is 5.02 Å². The van der Waals surface area contributed by atoms with Crippen LogP contribution in [0.3, 0.4) is 0 Å². The minimum atomic E-state index is 0.751. The first kappa shape index (κ1) is 15.7. The van der Waals surface area contributed by atoms with Crippen molar-refractivity contribution in [3.05, 3.63) is 58.6 Å². The molecule has 0 atom stereocenters. The maximum atomic E-state index is 6.10. The molecule has 21 heavy (non-hydrogen) atoms. The van der Waals surface area contributed by atoms with E-state index in [0.29, 0.717) is 0 Å². The van der Waals surface area contributed by atoms with Crippen molar-refractivity contribution in [2.24, 2.45) is 0 Å². The number of halogens is 1. The van der Waals surface area contributed by atoms with Gasteiger partial charge >= 0.3 is 0 Å². The molecular weight excluding hydrogens is 282 g/mol. The highest BCUT2D eigenvalue weighted by molar-refractivity contribution is 6.31. The van der Waals surface area contributed by atoms with Crippen LogP contribution < -0.4 is 10.1 Å². The van der Waals surface area contributed by atoms with E-state index in [1.807, 2.05) is 37.3 Å². The van der Waals surface area contributed by atoms with Crippen LogP contribution in [0, 0.1) is 13.8 Å². The monoisotopic (exact) mass is 303 g/mol. The molecule has 0 amide bonds. The summed E-state index contributed by atoms with van der Waals surface area (Å²) in [5.41, 5.74) is 3.36. The molecule has 0 saturated heterocycles. The van der Waals surface area contributed by atoms with E-state index in [9.17, 15) is 0 Å². The minimum Gasteiger partial charge on any atom is -0.493 e. The van der Waals surface area contributed by atoms with Crippen molar-refractivity contribution in [3.8, 4) is 5.75 Å². The third-order valence-electron chi connectivity index (χ3n) is 3.42. The molecule has 2 nitrogen and oxygen atoms in total. The smallest absolute Gasteiger partial charge is 0.122 e. The molecular formula is C18H22ClNO. The van der Waals surface area contributed by atoms with Gasteiger partial charge in [0.05, 0.1) is 6.61 Å². The first-order chi connectivity index (χ1) is 10.2. The van der Waals surface area contributed by atoms with Crippen molar-refractivity contribution >= 4 is 17.3 Å². The number of hydrogen-bond donors (Lipinski definition) is 1. The molecule has 2 rings (SSSR count). The zero-order valence-electron chi connectivity index (χ0n) is 12.7. The largest absolute Gasteiger partial charge is 0.493 e. The summed E-state index contributed by atoms with van der Waals surface area (Å²) >= 11 is 6.10. The fourth-order valence-electron chi connectivity index (χ4n) is 2.06. The van der Waals surface area contributed by atoms with Crippen LogP contribution in [0.25, 0.3) is 0 Å². The predicted octanol–water partition coefficient (Wildman–Crippen LogP) is 5.23. The second-order valence-corrected chi connectivity index (χ2v) is 5.62. The number of anilines is 1. The molecule has 0 aliphatic heterocycles. The third kappa shape index (κ3) is 4.98. The van der Waals surface area contributed by atoms with Crippen molar-refractivity contribution < 1.29 is 4.74 Å². The first-order valence-electron chi connectivity index (χ1n) is 7.35. The van der Waals surface area contributed by atoms with E-state index in [2.05, 4.69) is 24.4 Å². The Hall–Kier alpha value is -1.67. The molecule has 0 fully saturated rings. The van der Waals surface area contributed by atoms with Gasteiger partial charge in [0.2, 0.25) is 0 Å². The zero-order chi connectivity index (χ0) is 15.1. The first-order valence-corrected chi connectivity index (χ1v) is 7.73. The number of ether oxygens (including phenoxy) is 1. The fraction of sp³-hybridized carbons (Fsp3) is 0.333. The van der Waals surface area contributed by atoms with Gasteiger partial charge < -0.3 is 10.1 Å². The third-order valence-corrected chi connectivity index (χ3v) is 3.83. The molecule has 0 spiro atoms. The molecule has 0 aromatic heterocycles. The second kappa shape index (κ2) is 7.94. The van der Waals surface area contributed by atoms with E-state index >= 15 is 0 Å². The molecule has 0 saturated carbocycles. The molecule has 0 unspecified atom stereocenters. The highest BCUT2D eigenvalue weighted by atomic mass is 35.5. The summed E-state index contributed by atoms with van der Waals surface area (Å²) in [6, 6.07) is 14.2. The Morgan fingerprint density at radius 2 is 1.81 bits per heavy atom. The second-order valence-electron chi connectivity index (χ2n) is 5.21. The van der Waals surface area contributed by atoms with E-state index in [4.69, 9.17) is 16.3 Å². The van der Waals surface area contributed by atoms with Crippen LogP contribution in [0.15, 0.2) is 42.5 Å². The number of unbranched alkanes of at least 4 members (excludes halogenated alkanes) is 1. The Morgan fingerprint density at radius 1 is 1.00 bits per heavy atom. The SMILES string of the molecule is Cc1ccc(NCCCCOc2ccccc2C)cc1Cl. The Morgan fingerprint density at radius 3 is 2.57 bits per heavy atom. The number of hydrogen-bond acceptors (Lipinski definition) is 2. The van der Waals surface area contributed by atoms with E-state index in [0.717, 1.165) is 48.0 Å². The van der Waals surface area contributed by atoms with Gasteiger partial charge in [-0.15, -0.1) is 0 Å². The maximum absolute atomic E-state index is 6.10. The van der Waals surface area contributed by atoms with E-state index in [1.54, 1.807) is 0 Å². The van der Waals surface area contributed by atoms with Crippen LogP contribution in [0.5, 0.6) is 5.75 Å². The topological polar surface area (TPSA) is 21.3 Å². The van der Waals surface area contributed by atoms with Crippen LogP contribution in [-0.2, 0) is 0 Å². The standard InChI is InChI=1S/C18H22ClNO/c1-14-9-10-16(13-17(14)19)20-11-5-6-12-21-18-8-4-3-7-15(18)2/h3-4,7-10,13,20H,5-6,11-12H2,1-2H3. The lowest BCUT2D eigenvalue weighted by Gasteiger charge is -2.10. The van der Waals surface area contributed by atoms with Crippen LogP contribution in [0.1, 0.15) is 24.0 Å². The van der Waals surface area contributed by atoms with Crippen LogP contribution in [0.4, 0.5) is 5.69 Å². The van der Waals surface area contributed by atoms with Gasteiger partial charge in [0.25, 0.3) is 0 Å². The molecule has 0 aliphatic carbocycles. The van der Waals surface area contributed by atoms with Crippen molar-refractivity contribution in [1.82, 2.24) is 0 Å². The summed E-state index contributed by atoms with van der Waals surface area (Å²) in [6.07, 6.45) is 2.10. The lowest BCUT2D eigenvalue weighted by atomic mass is 10.2. The van der Waals surface area contributed by atoms with Crippen molar-refractivity contribution in [2.75, 3.05) is 18.5 Å². The normalized spacial score (nSPS) is 10.4. The molecule has 1 N–H and O–H groups in total. The molecule has 0 bridgehead atoms. The molecule has 2 aromatic rings. The highest BCUT2D eigenvalue weighted by Gasteiger charge is 1.99. The minimum absolute atomic E-state index is 0.751. The number of nitrogens with one attached hydrogen (secondary N) is 1. The van der Waals surface area contributed by atoms with Crippen molar-refractivity contribution in [2.45, 2.75) is 26.7 Å². The summed E-state index contributed by atoms with van der Waals surface area (Å²) in [5.74, 6) is 0.982. The molecule has 3 heteroatoms. The van der Waals surface area contributed by atoms with Crippen LogP contribution >= 0.6 is 11.6 Å². The van der Waals surface area contributed by atoms with Gasteiger partial charge in [0.1, 0.15) is 5.75 Å². The maximum Gasteiger partial charge on any atom is 0.122 e. The van der Waals surface area contributed by atoms with Gasteiger partial charge in [0.15, 0.2) is 0 Å². The lowest BCUT2D eigenvalue weighted by Crippen LogP contribution is -2.05. The lowest BCUT2D eigenvalue weighted by molar-refractivity contribution is 0.306.